The van der Waals surface area contributed by atoms with E-state index in [4.69, 9.17) is 5.11 Å². The van der Waals surface area contributed by atoms with Gasteiger partial charge in [-0.05, 0) is 52.9 Å². The van der Waals surface area contributed by atoms with Crippen LogP contribution in [0.5, 0.6) is 0 Å². The SMILES string of the molecule is O=C(O)c1cc(SCC2CCC2)ccc1Br. The van der Waals surface area contributed by atoms with Crippen molar-refractivity contribution in [3.63, 3.8) is 0 Å². The van der Waals surface area contributed by atoms with E-state index in [1.165, 1.54) is 19.3 Å². The van der Waals surface area contributed by atoms with Crippen molar-refractivity contribution in [2.75, 3.05) is 5.75 Å². The molecule has 1 N–H and O–H groups in total. The summed E-state index contributed by atoms with van der Waals surface area (Å²) in [6.07, 6.45) is 4.01. The van der Waals surface area contributed by atoms with Gasteiger partial charge in [0.1, 0.15) is 0 Å². The van der Waals surface area contributed by atoms with Crippen molar-refractivity contribution in [1.82, 2.24) is 0 Å². The Labute approximate surface area is 108 Å². The largest absolute Gasteiger partial charge is 0.478 e. The van der Waals surface area contributed by atoms with E-state index in [-0.39, 0.29) is 0 Å². The highest BCUT2D eigenvalue weighted by atomic mass is 79.9. The molecule has 1 fully saturated rings. The van der Waals surface area contributed by atoms with Crippen LogP contribution in [0.4, 0.5) is 0 Å². The Balaban J connectivity index is 2.03. The molecule has 1 aromatic carbocycles. The maximum atomic E-state index is 10.9. The number of aromatic carboxylic acids is 1. The molecule has 2 rings (SSSR count). The number of hydrogen-bond donors (Lipinski definition) is 1. The first-order valence-electron chi connectivity index (χ1n) is 5.32. The standard InChI is InChI=1S/C12H13BrO2S/c13-11-5-4-9(6-10(11)12(14)15)16-7-8-2-1-3-8/h4-6,8H,1-3,7H2,(H,14,15). The fourth-order valence-corrected chi connectivity index (χ4v) is 3.17. The number of carbonyl (C=O) groups is 1. The van der Waals surface area contributed by atoms with E-state index in [9.17, 15) is 4.79 Å². The summed E-state index contributed by atoms with van der Waals surface area (Å²) in [5.41, 5.74) is 0.346. The molecule has 1 aliphatic carbocycles. The predicted octanol–water partition coefficient (Wildman–Crippen LogP) is 4.04. The monoisotopic (exact) mass is 300 g/mol. The van der Waals surface area contributed by atoms with Crippen LogP contribution in [-0.2, 0) is 0 Å². The van der Waals surface area contributed by atoms with E-state index in [2.05, 4.69) is 15.9 Å². The molecule has 0 atom stereocenters. The molecule has 4 heteroatoms. The first kappa shape index (κ1) is 12.0. The van der Waals surface area contributed by atoms with Crippen molar-refractivity contribution >= 4 is 33.7 Å². The second-order valence-electron chi connectivity index (χ2n) is 4.05. The van der Waals surface area contributed by atoms with Crippen LogP contribution >= 0.6 is 27.7 Å². The topological polar surface area (TPSA) is 37.3 Å². The van der Waals surface area contributed by atoms with Crippen LogP contribution in [0.1, 0.15) is 29.6 Å². The van der Waals surface area contributed by atoms with Crippen molar-refractivity contribution in [1.29, 1.82) is 0 Å². The van der Waals surface area contributed by atoms with Crippen LogP contribution in [0, 0.1) is 5.92 Å². The lowest BCUT2D eigenvalue weighted by Crippen LogP contribution is -2.13. The fraction of sp³-hybridized carbons (Fsp3) is 0.417. The summed E-state index contributed by atoms with van der Waals surface area (Å²) in [6, 6.07) is 5.53. The fourth-order valence-electron chi connectivity index (χ4n) is 1.63. The third-order valence-electron chi connectivity index (χ3n) is 2.88. The molecular formula is C12H13BrO2S. The number of carboxylic acid groups (broad SMARTS) is 1. The van der Waals surface area contributed by atoms with Gasteiger partial charge in [0, 0.05) is 15.1 Å². The van der Waals surface area contributed by atoms with Crippen LogP contribution in [0.3, 0.4) is 0 Å². The van der Waals surface area contributed by atoms with Gasteiger partial charge < -0.3 is 5.11 Å². The van der Waals surface area contributed by atoms with Gasteiger partial charge >= 0.3 is 5.97 Å². The smallest absolute Gasteiger partial charge is 0.336 e. The molecule has 16 heavy (non-hydrogen) atoms. The molecule has 0 amide bonds. The van der Waals surface area contributed by atoms with Gasteiger partial charge in [0.15, 0.2) is 0 Å². The van der Waals surface area contributed by atoms with Gasteiger partial charge in [-0.2, -0.15) is 0 Å². The molecule has 0 bridgehead atoms. The predicted molar refractivity (Wildman–Crippen MR) is 69.2 cm³/mol. The molecule has 0 heterocycles. The summed E-state index contributed by atoms with van der Waals surface area (Å²) in [6.45, 7) is 0. The molecule has 0 saturated heterocycles. The quantitative estimate of drug-likeness (QED) is 0.853. The summed E-state index contributed by atoms with van der Waals surface area (Å²) >= 11 is 5.01. The molecule has 0 aromatic heterocycles. The summed E-state index contributed by atoms with van der Waals surface area (Å²) in [5, 5.41) is 8.99. The van der Waals surface area contributed by atoms with E-state index in [1.54, 1.807) is 17.8 Å². The minimum Gasteiger partial charge on any atom is -0.478 e. The maximum Gasteiger partial charge on any atom is 0.336 e. The van der Waals surface area contributed by atoms with Crippen molar-refractivity contribution in [3.8, 4) is 0 Å². The number of benzene rings is 1. The van der Waals surface area contributed by atoms with Crippen molar-refractivity contribution in [2.45, 2.75) is 24.2 Å². The van der Waals surface area contributed by atoms with E-state index >= 15 is 0 Å². The molecule has 1 aromatic rings. The summed E-state index contributed by atoms with van der Waals surface area (Å²) in [4.78, 5) is 12.0. The Hall–Kier alpha value is -0.480. The zero-order valence-corrected chi connectivity index (χ0v) is 11.2. The van der Waals surface area contributed by atoms with Crippen molar-refractivity contribution < 1.29 is 9.90 Å². The molecular weight excluding hydrogens is 288 g/mol. The number of carboxylic acids is 1. The second kappa shape index (κ2) is 5.23. The Bertz CT molecular complexity index is 402. The number of rotatable bonds is 4. The lowest BCUT2D eigenvalue weighted by atomic mass is 9.87. The van der Waals surface area contributed by atoms with Crippen LogP contribution in [-0.4, -0.2) is 16.8 Å². The highest BCUT2D eigenvalue weighted by Gasteiger charge is 2.17. The minimum atomic E-state index is -0.877. The lowest BCUT2D eigenvalue weighted by molar-refractivity contribution is 0.0695. The summed E-state index contributed by atoms with van der Waals surface area (Å²) in [7, 11) is 0. The Kier molecular flexibility index (Phi) is 3.92. The highest BCUT2D eigenvalue weighted by molar-refractivity contribution is 9.10. The molecule has 2 nitrogen and oxygen atoms in total. The summed E-state index contributed by atoms with van der Waals surface area (Å²) in [5.74, 6) is 1.07. The van der Waals surface area contributed by atoms with Gasteiger partial charge in [0.25, 0.3) is 0 Å². The zero-order valence-electron chi connectivity index (χ0n) is 8.78. The first-order valence-corrected chi connectivity index (χ1v) is 7.10. The Morgan fingerprint density at radius 3 is 2.81 bits per heavy atom. The third kappa shape index (κ3) is 2.80. The number of halogens is 1. The molecule has 86 valence electrons. The van der Waals surface area contributed by atoms with Crippen LogP contribution < -0.4 is 0 Å². The number of hydrogen-bond acceptors (Lipinski definition) is 2. The molecule has 0 radical (unpaired) electrons. The lowest BCUT2D eigenvalue weighted by Gasteiger charge is -2.24. The zero-order chi connectivity index (χ0) is 11.5. The van der Waals surface area contributed by atoms with Gasteiger partial charge in [-0.15, -0.1) is 11.8 Å². The van der Waals surface area contributed by atoms with Crippen molar-refractivity contribution in [2.24, 2.45) is 5.92 Å². The van der Waals surface area contributed by atoms with E-state index in [0.717, 1.165) is 16.6 Å². The Morgan fingerprint density at radius 2 is 2.25 bits per heavy atom. The highest BCUT2D eigenvalue weighted by Crippen LogP contribution is 2.33. The minimum absolute atomic E-state index is 0.346. The average Bonchev–Trinajstić information content (AvgIpc) is 2.17. The molecule has 0 unspecified atom stereocenters. The first-order chi connectivity index (χ1) is 7.66. The average molecular weight is 301 g/mol. The molecule has 1 saturated carbocycles. The van der Waals surface area contributed by atoms with E-state index in [1.807, 2.05) is 12.1 Å². The summed E-state index contributed by atoms with van der Waals surface area (Å²) < 4.78 is 0.646. The van der Waals surface area contributed by atoms with Crippen LogP contribution in [0.2, 0.25) is 0 Å². The van der Waals surface area contributed by atoms with E-state index in [0.29, 0.717) is 10.0 Å². The van der Waals surface area contributed by atoms with Gasteiger partial charge in [-0.3, -0.25) is 0 Å². The third-order valence-corrected chi connectivity index (χ3v) is 4.80. The van der Waals surface area contributed by atoms with Gasteiger partial charge in [0.05, 0.1) is 5.56 Å². The number of thioether (sulfide) groups is 1. The van der Waals surface area contributed by atoms with Crippen molar-refractivity contribution in [3.05, 3.63) is 28.2 Å². The molecule has 1 aliphatic rings. The maximum absolute atomic E-state index is 10.9. The molecule has 0 aliphatic heterocycles. The van der Waals surface area contributed by atoms with E-state index < -0.39 is 5.97 Å². The van der Waals surface area contributed by atoms with Crippen LogP contribution in [0.25, 0.3) is 0 Å². The van der Waals surface area contributed by atoms with Crippen LogP contribution in [0.15, 0.2) is 27.6 Å². The van der Waals surface area contributed by atoms with Gasteiger partial charge in [0.2, 0.25) is 0 Å². The van der Waals surface area contributed by atoms with Gasteiger partial charge in [-0.25, -0.2) is 4.79 Å². The normalized spacial score (nSPS) is 15.8. The second-order valence-corrected chi connectivity index (χ2v) is 6.00. The Morgan fingerprint density at radius 1 is 1.50 bits per heavy atom. The molecule has 0 spiro atoms. The van der Waals surface area contributed by atoms with Gasteiger partial charge in [-0.1, -0.05) is 6.42 Å².